The van der Waals surface area contributed by atoms with Crippen LogP contribution < -0.4 is 0 Å². The van der Waals surface area contributed by atoms with Crippen molar-refractivity contribution in [1.29, 1.82) is 5.41 Å². The lowest BCUT2D eigenvalue weighted by Crippen LogP contribution is -1.84. The van der Waals surface area contributed by atoms with Gasteiger partial charge in [-0.3, -0.25) is 0 Å². The lowest BCUT2D eigenvalue weighted by Gasteiger charge is -1.97. The first-order valence-electron chi connectivity index (χ1n) is 3.59. The molecule has 0 fully saturated rings. The maximum absolute atomic E-state index is 7.06. The molecule has 0 aliphatic heterocycles. The molecule has 56 valence electrons. The maximum Gasteiger partial charge on any atom is 0.0249 e. The molecule has 0 heterocycles. The van der Waals surface area contributed by atoms with Crippen LogP contribution in [-0.4, -0.2) is 6.21 Å². The molecule has 10 heavy (non-hydrogen) atoms. The van der Waals surface area contributed by atoms with E-state index in [-0.39, 0.29) is 0 Å². The van der Waals surface area contributed by atoms with Gasteiger partial charge in [0.25, 0.3) is 0 Å². The summed E-state index contributed by atoms with van der Waals surface area (Å²) in [5.41, 5.74) is 2.30. The second-order valence-corrected chi connectivity index (χ2v) is 2.23. The molecule has 1 nitrogen and oxygen atoms in total. The summed E-state index contributed by atoms with van der Waals surface area (Å²) in [5, 5.41) is 7.06. The summed E-state index contributed by atoms with van der Waals surface area (Å²) in [6.07, 6.45) is 6.35. The van der Waals surface area contributed by atoms with Gasteiger partial charge in [-0.05, 0) is 25.8 Å². The van der Waals surface area contributed by atoms with Gasteiger partial charge >= 0.3 is 0 Å². The van der Waals surface area contributed by atoms with Gasteiger partial charge in [0.1, 0.15) is 0 Å². The topological polar surface area (TPSA) is 23.9 Å². The fourth-order valence-electron chi connectivity index (χ4n) is 0.697. The van der Waals surface area contributed by atoms with Crippen molar-refractivity contribution in [2.45, 2.75) is 27.2 Å². The summed E-state index contributed by atoms with van der Waals surface area (Å²) in [6.45, 7) is 6.12. The minimum Gasteiger partial charge on any atom is -0.308 e. The van der Waals surface area contributed by atoms with Crippen LogP contribution in [0, 0.1) is 5.41 Å². The number of rotatable bonds is 3. The lowest BCUT2D eigenvalue weighted by atomic mass is 10.1. The summed E-state index contributed by atoms with van der Waals surface area (Å²) in [7, 11) is 0. The molecule has 1 heteroatoms. The first-order chi connectivity index (χ1) is 4.76. The Hall–Kier alpha value is -0.850. The quantitative estimate of drug-likeness (QED) is 0.457. The molecule has 0 amide bonds. The van der Waals surface area contributed by atoms with Crippen LogP contribution in [0.3, 0.4) is 0 Å². The van der Waals surface area contributed by atoms with E-state index < -0.39 is 0 Å². The smallest absolute Gasteiger partial charge is 0.0249 e. The molecule has 0 unspecified atom stereocenters. The second-order valence-electron chi connectivity index (χ2n) is 2.23. The fraction of sp³-hybridized carbons (Fsp3) is 0.444. The largest absolute Gasteiger partial charge is 0.308 e. The maximum atomic E-state index is 7.06. The van der Waals surface area contributed by atoms with Crippen molar-refractivity contribution in [1.82, 2.24) is 0 Å². The molecule has 0 aromatic rings. The van der Waals surface area contributed by atoms with Crippen LogP contribution in [0.1, 0.15) is 27.2 Å². The van der Waals surface area contributed by atoms with Gasteiger partial charge in [-0.2, -0.15) is 0 Å². The molecule has 0 saturated carbocycles. The molecule has 0 aliphatic carbocycles. The molecule has 0 spiro atoms. The van der Waals surface area contributed by atoms with Crippen molar-refractivity contribution in [2.75, 3.05) is 0 Å². The summed E-state index contributed by atoms with van der Waals surface area (Å²) in [5.74, 6) is 0. The molecule has 0 aliphatic rings. The molecule has 0 rings (SSSR count). The van der Waals surface area contributed by atoms with Crippen LogP contribution in [0.15, 0.2) is 23.3 Å². The monoisotopic (exact) mass is 137 g/mol. The van der Waals surface area contributed by atoms with E-state index in [1.165, 1.54) is 11.8 Å². The molecule has 0 atom stereocenters. The number of hydrogen-bond donors (Lipinski definition) is 1. The summed E-state index contributed by atoms with van der Waals surface area (Å²) in [6, 6.07) is 0. The highest BCUT2D eigenvalue weighted by Gasteiger charge is 1.90. The summed E-state index contributed by atoms with van der Waals surface area (Å²) in [4.78, 5) is 0. The van der Waals surface area contributed by atoms with Gasteiger partial charge in [0.15, 0.2) is 0 Å². The van der Waals surface area contributed by atoms with Gasteiger partial charge in [-0.1, -0.05) is 24.6 Å². The third-order valence-corrected chi connectivity index (χ3v) is 1.52. The van der Waals surface area contributed by atoms with Crippen molar-refractivity contribution < 1.29 is 0 Å². The molecule has 0 aromatic heterocycles. The van der Waals surface area contributed by atoms with Crippen molar-refractivity contribution in [3.8, 4) is 0 Å². The fourth-order valence-corrected chi connectivity index (χ4v) is 0.697. The Bertz CT molecular complexity index is 164. The zero-order valence-corrected chi connectivity index (χ0v) is 6.94. The highest BCUT2D eigenvalue weighted by Crippen LogP contribution is 2.06. The van der Waals surface area contributed by atoms with Crippen molar-refractivity contribution in [3.63, 3.8) is 0 Å². The van der Waals surface area contributed by atoms with Gasteiger partial charge in [0.05, 0.1) is 0 Å². The zero-order chi connectivity index (χ0) is 7.98. The Labute approximate surface area is 63.0 Å². The molecule has 0 saturated heterocycles. The Kier molecular flexibility index (Phi) is 4.55. The predicted molar refractivity (Wildman–Crippen MR) is 46.6 cm³/mol. The third-order valence-electron chi connectivity index (χ3n) is 1.52. The summed E-state index contributed by atoms with van der Waals surface area (Å²) >= 11 is 0. The lowest BCUT2D eigenvalue weighted by molar-refractivity contribution is 1.09. The Balaban J connectivity index is 4.44. The number of hydrogen-bond acceptors (Lipinski definition) is 1. The normalized spacial score (nSPS) is 13.5. The molecule has 0 aromatic carbocycles. The predicted octanol–water partition coefficient (Wildman–Crippen LogP) is 2.94. The van der Waals surface area contributed by atoms with Crippen LogP contribution in [0.5, 0.6) is 0 Å². The number of allylic oxidation sites excluding steroid dienone is 4. The average Bonchev–Trinajstić information content (AvgIpc) is 1.99. The van der Waals surface area contributed by atoms with Crippen molar-refractivity contribution >= 4 is 6.21 Å². The Morgan fingerprint density at radius 3 is 2.40 bits per heavy atom. The molecular weight excluding hydrogens is 122 g/mol. The van der Waals surface area contributed by atoms with Crippen LogP contribution in [0.25, 0.3) is 0 Å². The standard InChI is InChI=1S/C9H15N/c1-4-6-9(7-10)8(3)5-2/h4,6-7,10H,5H2,1-3H3/b6-4-,9-8+,10-7?. The van der Waals surface area contributed by atoms with Crippen molar-refractivity contribution in [2.24, 2.45) is 0 Å². The molecule has 0 radical (unpaired) electrons. The molecular formula is C9H15N. The van der Waals surface area contributed by atoms with Crippen LogP contribution >= 0.6 is 0 Å². The average molecular weight is 137 g/mol. The van der Waals surface area contributed by atoms with E-state index in [9.17, 15) is 0 Å². The first kappa shape index (κ1) is 9.15. The van der Waals surface area contributed by atoms with Crippen molar-refractivity contribution in [3.05, 3.63) is 23.3 Å². The van der Waals surface area contributed by atoms with E-state index in [1.807, 2.05) is 19.1 Å². The molecule has 0 bridgehead atoms. The Morgan fingerprint density at radius 1 is 1.50 bits per heavy atom. The minimum atomic E-state index is 1.02. The van der Waals surface area contributed by atoms with E-state index in [0.29, 0.717) is 0 Å². The SMILES string of the molecule is C/C=C\C(C=N)=C(\C)CC. The van der Waals surface area contributed by atoms with E-state index in [1.54, 1.807) is 0 Å². The van der Waals surface area contributed by atoms with Gasteiger partial charge in [0.2, 0.25) is 0 Å². The highest BCUT2D eigenvalue weighted by molar-refractivity contribution is 5.80. The van der Waals surface area contributed by atoms with E-state index in [2.05, 4.69) is 13.8 Å². The van der Waals surface area contributed by atoms with Crippen LogP contribution in [-0.2, 0) is 0 Å². The minimum absolute atomic E-state index is 1.02. The van der Waals surface area contributed by atoms with E-state index >= 15 is 0 Å². The van der Waals surface area contributed by atoms with Gasteiger partial charge < -0.3 is 5.41 Å². The second kappa shape index (κ2) is 4.98. The first-order valence-corrected chi connectivity index (χ1v) is 3.59. The highest BCUT2D eigenvalue weighted by atomic mass is 14.3. The van der Waals surface area contributed by atoms with E-state index in [4.69, 9.17) is 5.41 Å². The third kappa shape index (κ3) is 2.62. The van der Waals surface area contributed by atoms with Gasteiger partial charge in [-0.15, -0.1) is 0 Å². The van der Waals surface area contributed by atoms with Gasteiger partial charge in [-0.25, -0.2) is 0 Å². The van der Waals surface area contributed by atoms with Crippen LogP contribution in [0.4, 0.5) is 0 Å². The molecule has 1 N–H and O–H groups in total. The zero-order valence-electron chi connectivity index (χ0n) is 6.94. The van der Waals surface area contributed by atoms with Gasteiger partial charge in [0, 0.05) is 6.21 Å². The Morgan fingerprint density at radius 2 is 2.10 bits per heavy atom. The summed E-state index contributed by atoms with van der Waals surface area (Å²) < 4.78 is 0. The van der Waals surface area contributed by atoms with Crippen LogP contribution in [0.2, 0.25) is 0 Å². The van der Waals surface area contributed by atoms with E-state index in [0.717, 1.165) is 12.0 Å². The number of nitrogens with one attached hydrogen (secondary N) is 1.